The van der Waals surface area contributed by atoms with Crippen molar-refractivity contribution in [2.75, 3.05) is 24.1 Å². The maximum absolute atomic E-state index is 11.3. The summed E-state index contributed by atoms with van der Waals surface area (Å²) in [4.78, 5) is 11.3. The number of carbonyl (C=O) groups excluding carboxylic acids is 1. The fourth-order valence-electron chi connectivity index (χ4n) is 1.60. The molecule has 2 rings (SSSR count). The average molecular weight is 233 g/mol. The molecule has 0 saturated heterocycles. The first kappa shape index (κ1) is 11.3. The number of aromatic nitrogens is 2. The van der Waals surface area contributed by atoms with E-state index in [1.54, 1.807) is 6.20 Å². The number of anilines is 2. The molecule has 0 fully saturated rings. The fourth-order valence-corrected chi connectivity index (χ4v) is 1.60. The SMILES string of the molecule is CCNC(=O)CNc1cc2[nH]ncc2cc1N. The number of nitrogens with two attached hydrogens (primary N) is 1. The molecule has 1 heterocycles. The zero-order valence-electron chi connectivity index (χ0n) is 9.58. The van der Waals surface area contributed by atoms with Crippen molar-refractivity contribution in [3.05, 3.63) is 18.3 Å². The van der Waals surface area contributed by atoms with E-state index in [2.05, 4.69) is 20.8 Å². The minimum atomic E-state index is -0.0587. The van der Waals surface area contributed by atoms with Gasteiger partial charge in [0.2, 0.25) is 5.91 Å². The van der Waals surface area contributed by atoms with Crippen LogP contribution in [0.25, 0.3) is 10.9 Å². The van der Waals surface area contributed by atoms with Crippen LogP contribution in [0.3, 0.4) is 0 Å². The first-order valence-corrected chi connectivity index (χ1v) is 5.44. The van der Waals surface area contributed by atoms with Crippen LogP contribution in [-0.2, 0) is 4.79 Å². The number of nitrogen functional groups attached to an aromatic ring is 1. The highest BCUT2D eigenvalue weighted by atomic mass is 16.1. The summed E-state index contributed by atoms with van der Waals surface area (Å²) in [6, 6.07) is 3.66. The molecular formula is C11H15N5O. The Kier molecular flexibility index (Phi) is 3.13. The van der Waals surface area contributed by atoms with Crippen molar-refractivity contribution >= 4 is 28.2 Å². The number of hydrogen-bond acceptors (Lipinski definition) is 4. The molecule has 0 saturated carbocycles. The van der Waals surface area contributed by atoms with Gasteiger partial charge in [-0.3, -0.25) is 9.89 Å². The van der Waals surface area contributed by atoms with E-state index < -0.39 is 0 Å². The Bertz CT molecular complexity index is 534. The third kappa shape index (κ3) is 2.47. The van der Waals surface area contributed by atoms with E-state index in [-0.39, 0.29) is 12.5 Å². The van der Waals surface area contributed by atoms with Crippen LogP contribution < -0.4 is 16.4 Å². The van der Waals surface area contributed by atoms with Crippen molar-refractivity contribution in [1.29, 1.82) is 0 Å². The number of H-pyrrole nitrogens is 1. The van der Waals surface area contributed by atoms with Gasteiger partial charge in [-0.2, -0.15) is 5.10 Å². The number of nitrogens with zero attached hydrogens (tertiary/aromatic N) is 1. The van der Waals surface area contributed by atoms with Crippen LogP contribution in [0, 0.1) is 0 Å². The number of amides is 1. The minimum Gasteiger partial charge on any atom is -0.397 e. The summed E-state index contributed by atoms with van der Waals surface area (Å²) in [5, 5.41) is 13.4. The molecule has 0 unspecified atom stereocenters. The van der Waals surface area contributed by atoms with Gasteiger partial charge in [0.05, 0.1) is 29.6 Å². The van der Waals surface area contributed by atoms with Gasteiger partial charge in [0.25, 0.3) is 0 Å². The van der Waals surface area contributed by atoms with Crippen molar-refractivity contribution in [3.63, 3.8) is 0 Å². The normalized spacial score (nSPS) is 10.4. The van der Waals surface area contributed by atoms with Gasteiger partial charge in [-0.25, -0.2) is 0 Å². The van der Waals surface area contributed by atoms with E-state index in [1.807, 2.05) is 19.1 Å². The maximum atomic E-state index is 11.3. The smallest absolute Gasteiger partial charge is 0.239 e. The van der Waals surface area contributed by atoms with Crippen molar-refractivity contribution in [2.24, 2.45) is 0 Å². The molecule has 1 amide bonds. The standard InChI is InChI=1S/C11H15N5O/c1-2-13-11(17)6-14-10-4-9-7(3-8(10)12)5-15-16-9/h3-5,14H,2,6,12H2,1H3,(H,13,17)(H,15,16). The van der Waals surface area contributed by atoms with Gasteiger partial charge in [-0.15, -0.1) is 0 Å². The third-order valence-electron chi connectivity index (χ3n) is 2.42. The number of aromatic amines is 1. The predicted molar refractivity (Wildman–Crippen MR) is 67.7 cm³/mol. The number of rotatable bonds is 4. The topological polar surface area (TPSA) is 95.8 Å². The molecule has 0 bridgehead atoms. The largest absolute Gasteiger partial charge is 0.397 e. The van der Waals surface area contributed by atoms with Crippen molar-refractivity contribution in [1.82, 2.24) is 15.5 Å². The monoisotopic (exact) mass is 233 g/mol. The molecule has 6 heteroatoms. The van der Waals surface area contributed by atoms with Crippen molar-refractivity contribution < 1.29 is 4.79 Å². The van der Waals surface area contributed by atoms with Crippen LogP contribution in [0.4, 0.5) is 11.4 Å². The fraction of sp³-hybridized carbons (Fsp3) is 0.273. The van der Waals surface area contributed by atoms with E-state index in [1.165, 1.54) is 0 Å². The molecular weight excluding hydrogens is 218 g/mol. The number of fused-ring (bicyclic) bond motifs is 1. The summed E-state index contributed by atoms with van der Waals surface area (Å²) in [6.45, 7) is 2.70. The van der Waals surface area contributed by atoms with Crippen LogP contribution in [0.15, 0.2) is 18.3 Å². The van der Waals surface area contributed by atoms with Gasteiger partial charge in [0.15, 0.2) is 0 Å². The molecule has 1 aromatic carbocycles. The van der Waals surface area contributed by atoms with Crippen LogP contribution in [0.5, 0.6) is 0 Å². The molecule has 0 radical (unpaired) electrons. The van der Waals surface area contributed by atoms with E-state index in [9.17, 15) is 4.79 Å². The Morgan fingerprint density at radius 1 is 1.53 bits per heavy atom. The molecule has 0 aliphatic rings. The number of nitrogens with one attached hydrogen (secondary N) is 3. The zero-order valence-corrected chi connectivity index (χ0v) is 9.58. The Hall–Kier alpha value is -2.24. The first-order valence-electron chi connectivity index (χ1n) is 5.44. The van der Waals surface area contributed by atoms with Gasteiger partial charge in [-0.05, 0) is 19.1 Å². The lowest BCUT2D eigenvalue weighted by atomic mass is 10.2. The molecule has 0 aliphatic carbocycles. The van der Waals surface area contributed by atoms with Gasteiger partial charge in [0, 0.05) is 11.9 Å². The van der Waals surface area contributed by atoms with Gasteiger partial charge < -0.3 is 16.4 Å². The highest BCUT2D eigenvalue weighted by molar-refractivity contribution is 5.90. The third-order valence-corrected chi connectivity index (χ3v) is 2.42. The summed E-state index contributed by atoms with van der Waals surface area (Å²) in [7, 11) is 0. The minimum absolute atomic E-state index is 0.0587. The number of benzene rings is 1. The summed E-state index contributed by atoms with van der Waals surface area (Å²) < 4.78 is 0. The van der Waals surface area contributed by atoms with E-state index >= 15 is 0 Å². The second kappa shape index (κ2) is 4.73. The molecule has 6 nitrogen and oxygen atoms in total. The number of hydrogen-bond donors (Lipinski definition) is 4. The Labute approximate surface area is 98.6 Å². The molecule has 17 heavy (non-hydrogen) atoms. The molecule has 0 atom stereocenters. The quantitative estimate of drug-likeness (QED) is 0.584. The lowest BCUT2D eigenvalue weighted by molar-refractivity contribution is -0.119. The van der Waals surface area contributed by atoms with Crippen molar-refractivity contribution in [3.8, 4) is 0 Å². The van der Waals surface area contributed by atoms with Gasteiger partial charge in [0.1, 0.15) is 0 Å². The van der Waals surface area contributed by atoms with Crippen LogP contribution in [0.1, 0.15) is 6.92 Å². The first-order chi connectivity index (χ1) is 8.20. The molecule has 0 spiro atoms. The molecule has 90 valence electrons. The van der Waals surface area contributed by atoms with Crippen LogP contribution in [0.2, 0.25) is 0 Å². The number of carbonyl (C=O) groups is 1. The van der Waals surface area contributed by atoms with Crippen LogP contribution in [-0.4, -0.2) is 29.2 Å². The summed E-state index contributed by atoms with van der Waals surface area (Å²) in [5.74, 6) is -0.0587. The number of likely N-dealkylation sites (N-methyl/N-ethyl adjacent to an activating group) is 1. The lowest BCUT2D eigenvalue weighted by Gasteiger charge is -2.09. The summed E-state index contributed by atoms with van der Waals surface area (Å²) in [5.41, 5.74) is 8.09. The Morgan fingerprint density at radius 2 is 2.35 bits per heavy atom. The Balaban J connectivity index is 2.12. The van der Waals surface area contributed by atoms with Gasteiger partial charge in [-0.1, -0.05) is 0 Å². The average Bonchev–Trinajstić information content (AvgIpc) is 2.73. The van der Waals surface area contributed by atoms with E-state index in [4.69, 9.17) is 5.73 Å². The van der Waals surface area contributed by atoms with E-state index in [0.717, 1.165) is 16.6 Å². The molecule has 1 aromatic heterocycles. The predicted octanol–water partition coefficient (Wildman–Crippen LogP) is 0.693. The molecule has 2 aromatic rings. The van der Waals surface area contributed by atoms with Crippen molar-refractivity contribution in [2.45, 2.75) is 6.92 Å². The van der Waals surface area contributed by atoms with Gasteiger partial charge >= 0.3 is 0 Å². The molecule has 0 aliphatic heterocycles. The highest BCUT2D eigenvalue weighted by Gasteiger charge is 2.05. The zero-order chi connectivity index (χ0) is 12.3. The second-order valence-electron chi connectivity index (χ2n) is 3.70. The summed E-state index contributed by atoms with van der Waals surface area (Å²) >= 11 is 0. The highest BCUT2D eigenvalue weighted by Crippen LogP contribution is 2.24. The van der Waals surface area contributed by atoms with E-state index in [0.29, 0.717) is 12.2 Å². The lowest BCUT2D eigenvalue weighted by Crippen LogP contribution is -2.29. The summed E-state index contributed by atoms with van der Waals surface area (Å²) in [6.07, 6.45) is 1.71. The Morgan fingerprint density at radius 3 is 3.12 bits per heavy atom. The maximum Gasteiger partial charge on any atom is 0.239 e. The van der Waals surface area contributed by atoms with Crippen LogP contribution >= 0.6 is 0 Å². The molecule has 5 N–H and O–H groups in total. The second-order valence-corrected chi connectivity index (χ2v) is 3.70.